The highest BCUT2D eigenvalue weighted by molar-refractivity contribution is 9.10. The topological polar surface area (TPSA) is 102 Å². The summed E-state index contributed by atoms with van der Waals surface area (Å²) in [6.45, 7) is 17.7. The van der Waals surface area contributed by atoms with Gasteiger partial charge in [-0.3, -0.25) is 9.98 Å². The first-order valence-electron chi connectivity index (χ1n) is 13.5. The third-order valence-electron chi connectivity index (χ3n) is 8.32. The molecule has 40 heavy (non-hydrogen) atoms. The van der Waals surface area contributed by atoms with Crippen LogP contribution in [-0.4, -0.2) is 66.0 Å². The zero-order valence-corrected chi connectivity index (χ0v) is 26.2. The van der Waals surface area contributed by atoms with Gasteiger partial charge in [0.05, 0.1) is 35.5 Å². The van der Waals surface area contributed by atoms with Crippen LogP contribution in [0.15, 0.2) is 50.9 Å². The Labute approximate surface area is 247 Å². The molecular formula is C28H38B3BrN2O6. The average molecular weight is 611 g/mol. The summed E-state index contributed by atoms with van der Waals surface area (Å²) < 4.78 is 25.0. The maximum absolute atomic E-state index is 8.87. The Morgan fingerprint density at radius 1 is 0.675 bits per heavy atom. The Morgan fingerprint density at radius 2 is 1.07 bits per heavy atom. The third kappa shape index (κ3) is 6.64. The van der Waals surface area contributed by atoms with Crippen molar-refractivity contribution in [2.24, 2.45) is 9.98 Å². The molecule has 4 aliphatic rings. The Kier molecular flexibility index (Phi) is 8.94. The molecule has 0 bridgehead atoms. The summed E-state index contributed by atoms with van der Waals surface area (Å²) in [7, 11) is -2.33. The largest absolute Gasteiger partial charge is 0.488 e. The number of hydrogen-bond acceptors (Lipinski definition) is 8. The van der Waals surface area contributed by atoms with Crippen LogP contribution in [0.5, 0.6) is 0 Å². The van der Waals surface area contributed by atoms with Crippen molar-refractivity contribution in [3.63, 3.8) is 0 Å². The van der Waals surface area contributed by atoms with Crippen molar-refractivity contribution in [2.45, 2.75) is 90.9 Å². The molecule has 0 saturated carbocycles. The SMILES string of the molecule is Brc1ccc2c(c1)CN=C2.CC1(C)OB(B2OC(C)(C)C(C)(C)O2)OC1(C)C.OB(O)c1ccc2c(c1)CN=C2. The molecule has 0 aliphatic carbocycles. The lowest BCUT2D eigenvalue weighted by Crippen LogP contribution is -2.41. The van der Waals surface area contributed by atoms with E-state index in [0.29, 0.717) is 12.0 Å². The monoisotopic (exact) mass is 610 g/mol. The molecule has 8 nitrogen and oxygen atoms in total. The normalized spacial score (nSPS) is 21.8. The lowest BCUT2D eigenvalue weighted by molar-refractivity contribution is 0.00578. The molecule has 0 radical (unpaired) electrons. The van der Waals surface area contributed by atoms with E-state index < -0.39 is 21.1 Å². The third-order valence-corrected chi connectivity index (χ3v) is 8.81. The minimum Gasteiger partial charge on any atom is -0.423 e. The summed E-state index contributed by atoms with van der Waals surface area (Å²) in [4.78, 5) is 8.21. The van der Waals surface area contributed by atoms with Gasteiger partial charge in [-0.1, -0.05) is 40.2 Å². The Bertz CT molecular complexity index is 1230. The first-order valence-corrected chi connectivity index (χ1v) is 14.3. The molecule has 212 valence electrons. The minimum atomic E-state index is -1.38. The van der Waals surface area contributed by atoms with Crippen molar-refractivity contribution in [1.29, 1.82) is 0 Å². The van der Waals surface area contributed by atoms with Crippen LogP contribution < -0.4 is 5.46 Å². The molecule has 4 heterocycles. The van der Waals surface area contributed by atoms with Crippen LogP contribution in [0.1, 0.15) is 77.6 Å². The average Bonchev–Trinajstić information content (AvgIpc) is 3.59. The van der Waals surface area contributed by atoms with Gasteiger partial charge in [-0.25, -0.2) is 0 Å². The fraction of sp³-hybridized carbons (Fsp3) is 0.500. The highest BCUT2D eigenvalue weighted by Crippen LogP contribution is 2.42. The van der Waals surface area contributed by atoms with Gasteiger partial charge >= 0.3 is 21.1 Å². The predicted octanol–water partition coefficient (Wildman–Crippen LogP) is 3.93. The van der Waals surface area contributed by atoms with E-state index in [1.165, 1.54) is 11.1 Å². The molecule has 2 aromatic carbocycles. The number of aliphatic imine (C=N–C) groups is 2. The van der Waals surface area contributed by atoms with E-state index in [0.717, 1.165) is 22.1 Å². The van der Waals surface area contributed by atoms with Crippen molar-refractivity contribution in [3.05, 3.63) is 63.1 Å². The van der Waals surface area contributed by atoms with Crippen LogP contribution in [-0.2, 0) is 31.7 Å². The molecule has 2 N–H and O–H groups in total. The maximum Gasteiger partial charge on any atom is 0.488 e. The van der Waals surface area contributed by atoms with Crippen molar-refractivity contribution in [2.75, 3.05) is 0 Å². The molecule has 12 heteroatoms. The van der Waals surface area contributed by atoms with E-state index in [4.69, 9.17) is 28.7 Å². The van der Waals surface area contributed by atoms with Gasteiger partial charge in [0.15, 0.2) is 0 Å². The highest BCUT2D eigenvalue weighted by atomic mass is 79.9. The summed E-state index contributed by atoms with van der Waals surface area (Å²) >= 11 is 3.41. The summed E-state index contributed by atoms with van der Waals surface area (Å²) in [5.74, 6) is 0. The number of halogens is 1. The molecule has 4 aliphatic heterocycles. The van der Waals surface area contributed by atoms with E-state index >= 15 is 0 Å². The van der Waals surface area contributed by atoms with E-state index in [2.05, 4.69) is 38.0 Å². The zero-order valence-electron chi connectivity index (χ0n) is 24.6. The number of benzene rings is 2. The van der Waals surface area contributed by atoms with Gasteiger partial charge in [0.25, 0.3) is 0 Å². The Morgan fingerprint density at radius 3 is 1.50 bits per heavy atom. The second-order valence-electron chi connectivity index (χ2n) is 12.4. The molecule has 2 aromatic rings. The van der Waals surface area contributed by atoms with Crippen LogP contribution in [0.2, 0.25) is 0 Å². The van der Waals surface area contributed by atoms with Gasteiger partial charge in [-0.05, 0) is 95.2 Å². The van der Waals surface area contributed by atoms with Crippen LogP contribution >= 0.6 is 15.9 Å². The van der Waals surface area contributed by atoms with Gasteiger partial charge in [-0.15, -0.1) is 0 Å². The highest BCUT2D eigenvalue weighted by Gasteiger charge is 2.63. The summed E-state index contributed by atoms with van der Waals surface area (Å²) in [6.07, 6.45) is 3.71. The van der Waals surface area contributed by atoms with Crippen LogP contribution in [0.3, 0.4) is 0 Å². The van der Waals surface area contributed by atoms with Crippen molar-refractivity contribution < 1.29 is 28.7 Å². The summed E-state index contributed by atoms with van der Waals surface area (Å²) in [5.41, 5.74) is 3.78. The van der Waals surface area contributed by atoms with Gasteiger partial charge in [0.2, 0.25) is 0 Å². The fourth-order valence-corrected chi connectivity index (χ4v) is 4.78. The summed E-state index contributed by atoms with van der Waals surface area (Å²) in [5, 5.41) is 17.7. The van der Waals surface area contributed by atoms with Crippen LogP contribution in [0, 0.1) is 0 Å². The number of rotatable bonds is 2. The van der Waals surface area contributed by atoms with Gasteiger partial charge in [0, 0.05) is 16.9 Å². The second-order valence-corrected chi connectivity index (χ2v) is 13.3. The Balaban J connectivity index is 0.000000146. The van der Waals surface area contributed by atoms with Gasteiger partial charge in [-0.2, -0.15) is 0 Å². The lowest BCUT2D eigenvalue weighted by atomic mass is 9.49. The second kappa shape index (κ2) is 11.5. The molecule has 0 atom stereocenters. The molecular weight excluding hydrogens is 573 g/mol. The van der Waals surface area contributed by atoms with Crippen molar-refractivity contribution in [3.8, 4) is 0 Å². The molecule has 0 unspecified atom stereocenters. The van der Waals surface area contributed by atoms with Gasteiger partial charge < -0.3 is 28.7 Å². The van der Waals surface area contributed by atoms with Crippen LogP contribution in [0.4, 0.5) is 0 Å². The predicted molar refractivity (Wildman–Crippen MR) is 165 cm³/mol. The number of hydrogen-bond donors (Lipinski definition) is 2. The van der Waals surface area contributed by atoms with Crippen molar-refractivity contribution >= 4 is 55.0 Å². The zero-order chi connectivity index (χ0) is 29.5. The maximum atomic E-state index is 8.87. The smallest absolute Gasteiger partial charge is 0.423 e. The molecule has 2 saturated heterocycles. The lowest BCUT2D eigenvalue weighted by Gasteiger charge is -2.32. The molecule has 0 spiro atoms. The quantitative estimate of drug-likeness (QED) is 0.500. The van der Waals surface area contributed by atoms with E-state index in [1.807, 2.05) is 73.7 Å². The number of nitrogens with zero attached hydrogens (tertiary/aromatic N) is 2. The van der Waals surface area contributed by atoms with E-state index in [-0.39, 0.29) is 22.4 Å². The van der Waals surface area contributed by atoms with E-state index in [1.54, 1.807) is 18.3 Å². The van der Waals surface area contributed by atoms with Crippen molar-refractivity contribution in [1.82, 2.24) is 0 Å². The minimum absolute atomic E-state index is 0.360. The first kappa shape index (κ1) is 31.2. The molecule has 2 fully saturated rings. The molecule has 6 rings (SSSR count). The first-order chi connectivity index (χ1) is 18.5. The fourth-order valence-electron chi connectivity index (χ4n) is 4.37. The molecule has 0 aromatic heterocycles. The van der Waals surface area contributed by atoms with Gasteiger partial charge in [0.1, 0.15) is 0 Å². The molecule has 0 amide bonds. The van der Waals surface area contributed by atoms with E-state index in [9.17, 15) is 0 Å². The Hall–Kier alpha value is -1.79. The number of fused-ring (bicyclic) bond motifs is 2. The van der Waals surface area contributed by atoms with Crippen LogP contribution in [0.25, 0.3) is 0 Å². The summed E-state index contributed by atoms with van der Waals surface area (Å²) in [6, 6.07) is 11.5. The standard InChI is InChI=1S/C12H24B2O4.C8H8BNO2.C8H6BrN/c1-9(2)10(3,4)16-13(15-9)14-17-11(5,6)12(7,8)18-14;11-9(12)8-2-1-6-4-10-5-7(6)3-8;9-8-2-1-6-4-10-5-7(6)3-8/h1-8H3;1-4,11-12H,5H2;1-4H,5H2.